The maximum Gasteiger partial charge on any atom is 0.513 e. The Morgan fingerprint density at radius 1 is 1.10 bits per heavy atom. The average Bonchev–Trinajstić information content (AvgIpc) is 2.99. The summed E-state index contributed by atoms with van der Waals surface area (Å²) in [5.41, 5.74) is 0.273. The molecule has 1 atom stereocenters. The summed E-state index contributed by atoms with van der Waals surface area (Å²) in [7, 11) is -1.89. The van der Waals surface area contributed by atoms with Crippen LogP contribution in [0.5, 0.6) is 0 Å². The Bertz CT molecular complexity index is 393. The molecule has 2 aliphatic rings. The van der Waals surface area contributed by atoms with Crippen molar-refractivity contribution in [2.45, 2.75) is 57.8 Å². The van der Waals surface area contributed by atoms with Gasteiger partial charge in [0.05, 0.1) is 5.57 Å². The Balaban J connectivity index is 1.81. The first kappa shape index (κ1) is 16.6. The second kappa shape index (κ2) is 8.65. The molecule has 2 saturated carbocycles. The molecule has 0 radical (unpaired) electrons. The van der Waals surface area contributed by atoms with E-state index in [9.17, 15) is 14.5 Å². The maximum atomic E-state index is 12.0. The summed E-state index contributed by atoms with van der Waals surface area (Å²) < 4.78 is 17.4. The van der Waals surface area contributed by atoms with E-state index in [0.29, 0.717) is 18.4 Å². The molecule has 5 heteroatoms. The predicted molar refractivity (Wildman–Crippen MR) is 82.7 cm³/mol. The van der Waals surface area contributed by atoms with E-state index < -0.39 is 14.0 Å². The fraction of sp³-hybridized carbons (Fsp3) is 0.812. The SMILES string of the molecule is O=C(O)/C(=C/C1CCCCC1)C[P+](=O)OCC1CCCC1. The van der Waals surface area contributed by atoms with Crippen molar-refractivity contribution < 1.29 is 19.0 Å². The monoisotopic (exact) mass is 313 g/mol. The van der Waals surface area contributed by atoms with Crippen LogP contribution in [0.15, 0.2) is 11.6 Å². The molecule has 118 valence electrons. The van der Waals surface area contributed by atoms with Crippen molar-refractivity contribution in [3.8, 4) is 0 Å². The zero-order valence-electron chi connectivity index (χ0n) is 12.6. The highest BCUT2D eigenvalue weighted by Gasteiger charge is 2.28. The molecule has 1 unspecified atom stereocenters. The van der Waals surface area contributed by atoms with Gasteiger partial charge < -0.3 is 5.11 Å². The minimum absolute atomic E-state index is 0.0495. The van der Waals surface area contributed by atoms with E-state index in [0.717, 1.165) is 25.7 Å². The summed E-state index contributed by atoms with van der Waals surface area (Å²) in [5.74, 6) is -0.101. The van der Waals surface area contributed by atoms with E-state index in [2.05, 4.69) is 0 Å². The smallest absolute Gasteiger partial charge is 0.478 e. The van der Waals surface area contributed by atoms with Crippen LogP contribution < -0.4 is 0 Å². The molecule has 0 aromatic heterocycles. The number of carboxylic acids is 1. The third-order valence-electron chi connectivity index (χ3n) is 4.59. The van der Waals surface area contributed by atoms with Gasteiger partial charge in [-0.3, -0.25) is 0 Å². The fourth-order valence-corrected chi connectivity index (χ4v) is 4.31. The summed E-state index contributed by atoms with van der Waals surface area (Å²) in [6.45, 7) is 0.519. The van der Waals surface area contributed by atoms with Crippen molar-refractivity contribution in [2.75, 3.05) is 12.8 Å². The van der Waals surface area contributed by atoms with Gasteiger partial charge in [-0.15, -0.1) is 4.52 Å². The first-order valence-electron chi connectivity index (χ1n) is 8.16. The molecule has 0 aromatic carbocycles. The lowest BCUT2D eigenvalue weighted by Gasteiger charge is -2.18. The molecule has 0 saturated heterocycles. The first-order chi connectivity index (χ1) is 10.1. The van der Waals surface area contributed by atoms with Gasteiger partial charge >= 0.3 is 14.0 Å². The highest BCUT2D eigenvalue weighted by Crippen LogP contribution is 2.33. The molecule has 0 aliphatic heterocycles. The number of aliphatic carboxylic acids is 1. The Hall–Kier alpha value is -0.730. The molecule has 0 bridgehead atoms. The number of allylic oxidation sites excluding steroid dienone is 1. The number of carboxylic acid groups (broad SMARTS) is 1. The van der Waals surface area contributed by atoms with Crippen molar-refractivity contribution in [3.63, 3.8) is 0 Å². The molecule has 1 N–H and O–H groups in total. The standard InChI is InChI=1S/C16H25O4P/c17-16(18)15(10-13-6-2-1-3-7-13)12-21(19)20-11-14-8-4-5-9-14/h10,13-14H,1-9,11-12H2/p+1/b15-10+. The van der Waals surface area contributed by atoms with Crippen molar-refractivity contribution in [3.05, 3.63) is 11.6 Å². The molecular weight excluding hydrogens is 287 g/mol. The zero-order chi connectivity index (χ0) is 15.1. The lowest BCUT2D eigenvalue weighted by atomic mass is 9.88. The summed E-state index contributed by atoms with van der Waals surface area (Å²) in [5, 5.41) is 9.28. The normalized spacial score (nSPS) is 22.5. The van der Waals surface area contributed by atoms with Gasteiger partial charge in [0, 0.05) is 0 Å². The van der Waals surface area contributed by atoms with Crippen molar-refractivity contribution in [2.24, 2.45) is 11.8 Å². The van der Waals surface area contributed by atoms with E-state index in [1.54, 1.807) is 0 Å². The summed E-state index contributed by atoms with van der Waals surface area (Å²) in [6.07, 6.45) is 12.3. The van der Waals surface area contributed by atoms with Crippen molar-refractivity contribution >= 4 is 14.0 Å². The van der Waals surface area contributed by atoms with Gasteiger partial charge in [-0.25, -0.2) is 4.79 Å². The van der Waals surface area contributed by atoms with Gasteiger partial charge in [0.1, 0.15) is 6.61 Å². The van der Waals surface area contributed by atoms with E-state index in [1.807, 2.05) is 6.08 Å². The summed E-state index contributed by atoms with van der Waals surface area (Å²) in [6, 6.07) is 0. The number of hydrogen-bond donors (Lipinski definition) is 1. The Kier molecular flexibility index (Phi) is 6.85. The molecule has 2 aliphatic carbocycles. The lowest BCUT2D eigenvalue weighted by Crippen LogP contribution is -2.10. The zero-order valence-corrected chi connectivity index (χ0v) is 13.5. The van der Waals surface area contributed by atoms with Crippen molar-refractivity contribution in [1.29, 1.82) is 0 Å². The molecule has 0 spiro atoms. The lowest BCUT2D eigenvalue weighted by molar-refractivity contribution is -0.132. The highest BCUT2D eigenvalue weighted by atomic mass is 31.1. The van der Waals surface area contributed by atoms with Crippen LogP contribution in [0.4, 0.5) is 0 Å². The fourth-order valence-electron chi connectivity index (χ4n) is 3.33. The van der Waals surface area contributed by atoms with E-state index >= 15 is 0 Å². The molecule has 0 aromatic rings. The molecular formula is C16H26O4P+. The third-order valence-corrected chi connectivity index (χ3v) is 5.63. The van der Waals surface area contributed by atoms with Crippen LogP contribution >= 0.6 is 8.03 Å². The van der Waals surface area contributed by atoms with Gasteiger partial charge in [-0.1, -0.05) is 38.2 Å². The summed E-state index contributed by atoms with van der Waals surface area (Å²) >= 11 is 0. The second-order valence-corrected chi connectivity index (χ2v) is 7.57. The molecule has 2 rings (SSSR count). The molecule has 21 heavy (non-hydrogen) atoms. The Morgan fingerprint density at radius 3 is 2.33 bits per heavy atom. The van der Waals surface area contributed by atoms with Crippen LogP contribution in [0.2, 0.25) is 0 Å². The largest absolute Gasteiger partial charge is 0.513 e. The predicted octanol–water partition coefficient (Wildman–Crippen LogP) is 4.53. The molecule has 2 fully saturated rings. The first-order valence-corrected chi connectivity index (χ1v) is 9.53. The van der Waals surface area contributed by atoms with Crippen LogP contribution in [0.25, 0.3) is 0 Å². The number of rotatable bonds is 7. The topological polar surface area (TPSA) is 63.6 Å². The third kappa shape index (κ3) is 5.88. The highest BCUT2D eigenvalue weighted by molar-refractivity contribution is 7.39. The van der Waals surface area contributed by atoms with Gasteiger partial charge in [0.15, 0.2) is 0 Å². The molecule has 0 amide bonds. The van der Waals surface area contributed by atoms with Gasteiger partial charge in [-0.05, 0) is 42.1 Å². The van der Waals surface area contributed by atoms with Crippen molar-refractivity contribution in [1.82, 2.24) is 0 Å². The minimum Gasteiger partial charge on any atom is -0.478 e. The average molecular weight is 313 g/mol. The van der Waals surface area contributed by atoms with E-state index in [4.69, 9.17) is 4.52 Å². The quantitative estimate of drug-likeness (QED) is 0.554. The van der Waals surface area contributed by atoms with Crippen LogP contribution in [-0.2, 0) is 13.9 Å². The van der Waals surface area contributed by atoms with E-state index in [-0.39, 0.29) is 11.7 Å². The summed E-state index contributed by atoms with van der Waals surface area (Å²) in [4.78, 5) is 11.3. The molecule has 4 nitrogen and oxygen atoms in total. The molecule has 0 heterocycles. The van der Waals surface area contributed by atoms with E-state index in [1.165, 1.54) is 32.1 Å². The van der Waals surface area contributed by atoms with Crippen LogP contribution in [0, 0.1) is 11.8 Å². The Morgan fingerprint density at radius 2 is 1.71 bits per heavy atom. The van der Waals surface area contributed by atoms with Crippen LogP contribution in [0.3, 0.4) is 0 Å². The maximum absolute atomic E-state index is 12.0. The number of hydrogen-bond acceptors (Lipinski definition) is 3. The van der Waals surface area contributed by atoms with Gasteiger partial charge in [-0.2, -0.15) is 0 Å². The van der Waals surface area contributed by atoms with Gasteiger partial charge in [0.2, 0.25) is 6.16 Å². The minimum atomic E-state index is -1.89. The van der Waals surface area contributed by atoms with Crippen LogP contribution in [0.1, 0.15) is 57.8 Å². The van der Waals surface area contributed by atoms with Crippen LogP contribution in [-0.4, -0.2) is 23.8 Å². The van der Waals surface area contributed by atoms with Gasteiger partial charge in [0.25, 0.3) is 0 Å². The second-order valence-electron chi connectivity index (χ2n) is 6.33. The Labute approximate surface area is 127 Å². The number of carbonyl (C=O) groups is 1.